The fraction of sp³-hybridized carbons (Fsp3) is 0.120. The van der Waals surface area contributed by atoms with Crippen molar-refractivity contribution in [1.82, 2.24) is 5.43 Å². The first-order chi connectivity index (χ1) is 16.3. The number of hydrogen-bond acceptors (Lipinski definition) is 6. The zero-order valence-electron chi connectivity index (χ0n) is 18.7. The number of benzene rings is 3. The molecule has 0 aliphatic carbocycles. The molecule has 0 radical (unpaired) electrons. The summed E-state index contributed by atoms with van der Waals surface area (Å²) in [7, 11) is 1.54. The van der Waals surface area contributed by atoms with Crippen LogP contribution in [-0.4, -0.2) is 30.6 Å². The van der Waals surface area contributed by atoms with Crippen LogP contribution in [0.4, 0.5) is 5.69 Å². The second kappa shape index (κ2) is 11.1. The van der Waals surface area contributed by atoms with Crippen molar-refractivity contribution in [2.24, 2.45) is 5.10 Å². The molecular weight excluding hydrogens is 458 g/mol. The van der Waals surface area contributed by atoms with E-state index in [1.807, 2.05) is 0 Å². The summed E-state index contributed by atoms with van der Waals surface area (Å²) in [5.74, 6) is -1.32. The van der Waals surface area contributed by atoms with Gasteiger partial charge in [0.2, 0.25) is 0 Å². The lowest BCUT2D eigenvalue weighted by molar-refractivity contribution is -0.136. The van der Waals surface area contributed by atoms with Gasteiger partial charge in [0.1, 0.15) is 11.5 Å². The Hall–Kier alpha value is -4.17. The van der Waals surface area contributed by atoms with Crippen molar-refractivity contribution in [3.8, 4) is 11.5 Å². The van der Waals surface area contributed by atoms with Gasteiger partial charge in [-0.15, -0.1) is 0 Å². The van der Waals surface area contributed by atoms with Crippen LogP contribution in [0.15, 0.2) is 71.8 Å². The zero-order valence-corrected chi connectivity index (χ0v) is 19.5. The number of hydrogen-bond donors (Lipinski definition) is 2. The Morgan fingerprint density at radius 2 is 1.47 bits per heavy atom. The summed E-state index contributed by atoms with van der Waals surface area (Å²) < 4.78 is 10.4. The van der Waals surface area contributed by atoms with E-state index in [0.29, 0.717) is 44.6 Å². The second-order valence-electron chi connectivity index (χ2n) is 7.15. The van der Waals surface area contributed by atoms with E-state index in [1.165, 1.54) is 0 Å². The van der Waals surface area contributed by atoms with Crippen LogP contribution in [-0.2, 0) is 9.59 Å². The minimum Gasteiger partial charge on any atom is -0.497 e. The number of esters is 1. The molecule has 0 aromatic heterocycles. The number of nitrogens with one attached hydrogen (secondary N) is 2. The second-order valence-corrected chi connectivity index (χ2v) is 7.55. The molecule has 0 aliphatic heterocycles. The summed E-state index contributed by atoms with van der Waals surface area (Å²) in [4.78, 5) is 36.5. The van der Waals surface area contributed by atoms with Crippen molar-refractivity contribution >= 4 is 40.8 Å². The van der Waals surface area contributed by atoms with Gasteiger partial charge in [0.15, 0.2) is 0 Å². The van der Waals surface area contributed by atoms with Crippen LogP contribution in [0, 0.1) is 6.92 Å². The third-order valence-electron chi connectivity index (χ3n) is 4.86. The van der Waals surface area contributed by atoms with E-state index in [1.54, 1.807) is 87.7 Å². The zero-order chi connectivity index (χ0) is 24.7. The number of carbonyl (C=O) groups excluding carboxylic acids is 3. The van der Waals surface area contributed by atoms with Crippen molar-refractivity contribution in [3.05, 3.63) is 88.4 Å². The van der Waals surface area contributed by atoms with Gasteiger partial charge in [0.05, 0.1) is 18.4 Å². The molecule has 0 bridgehead atoms. The largest absolute Gasteiger partial charge is 0.497 e. The van der Waals surface area contributed by atoms with Crippen LogP contribution in [0.5, 0.6) is 11.5 Å². The molecule has 3 aromatic carbocycles. The van der Waals surface area contributed by atoms with Gasteiger partial charge in [-0.1, -0.05) is 17.7 Å². The third kappa shape index (κ3) is 6.20. The number of hydrazone groups is 1. The SMILES string of the molecule is COc1ccc(C(=O)Oc2ccc(/C(C)=N/NC(=O)C(=O)Nc3cccc(Cl)c3C)cc2)cc1. The average Bonchev–Trinajstić information content (AvgIpc) is 2.85. The monoisotopic (exact) mass is 479 g/mol. The molecule has 0 unspecified atom stereocenters. The first-order valence-corrected chi connectivity index (χ1v) is 10.5. The molecule has 0 spiro atoms. The highest BCUT2D eigenvalue weighted by Crippen LogP contribution is 2.22. The van der Waals surface area contributed by atoms with Crippen LogP contribution in [0.3, 0.4) is 0 Å². The summed E-state index contributed by atoms with van der Waals surface area (Å²) in [5.41, 5.74) is 4.81. The van der Waals surface area contributed by atoms with Crippen LogP contribution in [0.25, 0.3) is 0 Å². The van der Waals surface area contributed by atoms with E-state index >= 15 is 0 Å². The van der Waals surface area contributed by atoms with E-state index in [9.17, 15) is 14.4 Å². The smallest absolute Gasteiger partial charge is 0.343 e. The lowest BCUT2D eigenvalue weighted by Crippen LogP contribution is -2.33. The number of nitrogens with zero attached hydrogens (tertiary/aromatic N) is 1. The van der Waals surface area contributed by atoms with Gasteiger partial charge in [-0.05, 0) is 85.6 Å². The highest BCUT2D eigenvalue weighted by Gasteiger charge is 2.15. The van der Waals surface area contributed by atoms with E-state index in [4.69, 9.17) is 21.1 Å². The lowest BCUT2D eigenvalue weighted by Gasteiger charge is -2.09. The standard InChI is InChI=1S/C25H22ClN3O5/c1-15-21(26)5-4-6-22(15)27-23(30)24(31)29-28-16(2)17-7-13-20(14-8-17)34-25(32)18-9-11-19(33-3)12-10-18/h4-14H,1-3H3,(H,27,30)(H,29,31)/b28-16+. The number of methoxy groups -OCH3 is 1. The van der Waals surface area contributed by atoms with Gasteiger partial charge in [-0.2, -0.15) is 5.10 Å². The summed E-state index contributed by atoms with van der Waals surface area (Å²) in [5, 5.41) is 6.94. The molecule has 2 N–H and O–H groups in total. The molecule has 8 nitrogen and oxygen atoms in total. The Morgan fingerprint density at radius 3 is 2.12 bits per heavy atom. The first-order valence-electron chi connectivity index (χ1n) is 10.2. The predicted molar refractivity (Wildman–Crippen MR) is 130 cm³/mol. The molecule has 0 aliphatic rings. The summed E-state index contributed by atoms with van der Waals surface area (Å²) in [6.45, 7) is 3.40. The van der Waals surface area contributed by atoms with Crippen molar-refractivity contribution in [3.63, 3.8) is 0 Å². The van der Waals surface area contributed by atoms with Gasteiger partial charge < -0.3 is 14.8 Å². The maximum Gasteiger partial charge on any atom is 0.343 e. The molecular formula is C25H22ClN3O5. The van der Waals surface area contributed by atoms with Gasteiger partial charge >= 0.3 is 17.8 Å². The summed E-state index contributed by atoms with van der Waals surface area (Å²) in [6.07, 6.45) is 0. The molecule has 0 heterocycles. The minimum absolute atomic E-state index is 0.345. The van der Waals surface area contributed by atoms with Gasteiger partial charge in [0.25, 0.3) is 0 Å². The molecule has 0 fully saturated rings. The summed E-state index contributed by atoms with van der Waals surface area (Å²) in [6, 6.07) is 18.1. The predicted octanol–water partition coefficient (Wildman–Crippen LogP) is 4.36. The molecule has 0 saturated carbocycles. The van der Waals surface area contributed by atoms with Crippen molar-refractivity contribution in [2.75, 3.05) is 12.4 Å². The van der Waals surface area contributed by atoms with Gasteiger partial charge in [0, 0.05) is 10.7 Å². The fourth-order valence-corrected chi connectivity index (χ4v) is 3.00. The number of ether oxygens (including phenoxy) is 2. The third-order valence-corrected chi connectivity index (χ3v) is 5.27. The molecule has 0 atom stereocenters. The maximum atomic E-state index is 12.3. The minimum atomic E-state index is -0.927. The number of carbonyl (C=O) groups is 3. The molecule has 174 valence electrons. The van der Waals surface area contributed by atoms with Crippen molar-refractivity contribution < 1.29 is 23.9 Å². The summed E-state index contributed by atoms with van der Waals surface area (Å²) >= 11 is 6.02. The van der Waals surface area contributed by atoms with E-state index in [0.717, 1.165) is 0 Å². The molecule has 3 rings (SSSR count). The fourth-order valence-electron chi connectivity index (χ4n) is 2.83. The molecule has 9 heteroatoms. The number of amides is 2. The van der Waals surface area contributed by atoms with E-state index < -0.39 is 17.8 Å². The number of rotatable bonds is 6. The highest BCUT2D eigenvalue weighted by molar-refractivity contribution is 6.40. The Labute approximate surface area is 201 Å². The molecule has 0 saturated heterocycles. The Balaban J connectivity index is 1.57. The van der Waals surface area contributed by atoms with Crippen molar-refractivity contribution in [2.45, 2.75) is 13.8 Å². The Morgan fingerprint density at radius 1 is 0.853 bits per heavy atom. The molecule has 2 amide bonds. The van der Waals surface area contributed by atoms with Crippen LogP contribution in [0.2, 0.25) is 5.02 Å². The number of anilines is 1. The first kappa shape index (κ1) is 24.5. The normalized spacial score (nSPS) is 10.9. The van der Waals surface area contributed by atoms with Crippen LogP contribution >= 0.6 is 11.6 Å². The lowest BCUT2D eigenvalue weighted by atomic mass is 10.1. The van der Waals surface area contributed by atoms with Crippen LogP contribution < -0.4 is 20.2 Å². The average molecular weight is 480 g/mol. The Bertz CT molecular complexity index is 1240. The number of halogens is 1. The Kier molecular flexibility index (Phi) is 8.00. The van der Waals surface area contributed by atoms with E-state index in [2.05, 4.69) is 15.8 Å². The molecule has 34 heavy (non-hydrogen) atoms. The maximum absolute atomic E-state index is 12.3. The molecule has 3 aromatic rings. The van der Waals surface area contributed by atoms with E-state index in [-0.39, 0.29) is 0 Å². The highest BCUT2D eigenvalue weighted by atomic mass is 35.5. The van der Waals surface area contributed by atoms with Gasteiger partial charge in [-0.3, -0.25) is 9.59 Å². The topological polar surface area (TPSA) is 106 Å². The van der Waals surface area contributed by atoms with Crippen molar-refractivity contribution in [1.29, 1.82) is 0 Å². The quantitative estimate of drug-likeness (QED) is 0.180. The van der Waals surface area contributed by atoms with Gasteiger partial charge in [-0.25, -0.2) is 10.2 Å². The van der Waals surface area contributed by atoms with Crippen LogP contribution in [0.1, 0.15) is 28.4 Å².